The minimum Gasteiger partial charge on any atom is -0.369 e. The van der Waals surface area contributed by atoms with Crippen molar-refractivity contribution < 1.29 is 21.2 Å². The molecule has 0 atom stereocenters. The third kappa shape index (κ3) is 4.49. The molecule has 0 aliphatic heterocycles. The Morgan fingerprint density at radius 1 is 1.16 bits per heavy atom. The lowest BCUT2D eigenvalue weighted by Gasteiger charge is -2.23. The molecule has 0 bridgehead atoms. The van der Waals surface area contributed by atoms with E-state index < -0.39 is 25.7 Å². The summed E-state index contributed by atoms with van der Waals surface area (Å²) in [6.45, 7) is -0.0112. The van der Waals surface area contributed by atoms with Crippen LogP contribution in [0.5, 0.6) is 0 Å². The van der Waals surface area contributed by atoms with Crippen molar-refractivity contribution in [2.24, 2.45) is 5.14 Å². The van der Waals surface area contributed by atoms with Gasteiger partial charge in [0.25, 0.3) is 0 Å². The van der Waals surface area contributed by atoms with Gasteiger partial charge in [-0.1, -0.05) is 17.7 Å². The van der Waals surface area contributed by atoms with Crippen LogP contribution in [0.1, 0.15) is 5.56 Å². The maximum Gasteiger partial charge on any atom is 0.238 e. The number of hydrogen-bond acceptors (Lipinski definition) is 5. The zero-order valence-corrected chi connectivity index (χ0v) is 15.8. The molecular weight excluding hydrogens is 391 g/mol. The molecule has 6 nitrogen and oxygen atoms in total. The molecule has 25 heavy (non-hydrogen) atoms. The van der Waals surface area contributed by atoms with E-state index in [0.29, 0.717) is 0 Å². The molecule has 2 aromatic carbocycles. The Hall–Kier alpha value is -1.68. The van der Waals surface area contributed by atoms with E-state index in [1.807, 2.05) is 0 Å². The predicted molar refractivity (Wildman–Crippen MR) is 94.4 cm³/mol. The number of nitrogens with two attached hydrogens (primary N) is 1. The molecule has 0 saturated carbocycles. The van der Waals surface area contributed by atoms with Gasteiger partial charge in [-0.2, -0.15) is 0 Å². The van der Waals surface area contributed by atoms with E-state index >= 15 is 0 Å². The number of benzene rings is 2. The second-order valence-electron chi connectivity index (χ2n) is 5.50. The molecule has 2 aromatic rings. The molecule has 0 aromatic heterocycles. The Bertz CT molecular complexity index is 1000. The third-order valence-corrected chi connectivity index (χ3v) is 5.92. The van der Waals surface area contributed by atoms with Gasteiger partial charge in [0.2, 0.25) is 10.0 Å². The second-order valence-corrected chi connectivity index (χ2v) is 9.46. The van der Waals surface area contributed by atoms with Gasteiger partial charge in [-0.3, -0.25) is 0 Å². The molecule has 0 aliphatic rings. The molecule has 0 heterocycles. The lowest BCUT2D eigenvalue weighted by molar-refractivity contribution is 0.597. The molecular formula is C15H16ClFN2O4S2. The molecule has 10 heteroatoms. The Morgan fingerprint density at radius 2 is 1.80 bits per heavy atom. The van der Waals surface area contributed by atoms with Crippen LogP contribution < -0.4 is 10.0 Å². The fourth-order valence-corrected chi connectivity index (χ4v) is 4.07. The van der Waals surface area contributed by atoms with E-state index in [1.165, 1.54) is 35.2 Å². The van der Waals surface area contributed by atoms with Crippen molar-refractivity contribution in [1.82, 2.24) is 0 Å². The smallest absolute Gasteiger partial charge is 0.238 e. The molecule has 0 fully saturated rings. The molecule has 0 radical (unpaired) electrons. The topological polar surface area (TPSA) is 97.5 Å². The SMILES string of the molecule is CN(Cc1c(F)cccc1Cl)c1ccc(S(N)(=O)=O)cc1S(C)(=O)=O. The molecule has 0 unspecified atom stereocenters. The van der Waals surface area contributed by atoms with E-state index in [2.05, 4.69) is 0 Å². The summed E-state index contributed by atoms with van der Waals surface area (Å²) >= 11 is 6.00. The maximum absolute atomic E-state index is 14.0. The summed E-state index contributed by atoms with van der Waals surface area (Å²) in [5.41, 5.74) is 0.399. The van der Waals surface area contributed by atoms with Crippen LogP contribution in [0, 0.1) is 5.82 Å². The van der Waals surface area contributed by atoms with Gasteiger partial charge in [0.1, 0.15) is 5.82 Å². The first-order valence-corrected chi connectivity index (χ1v) is 10.7. The van der Waals surface area contributed by atoms with Crippen LogP contribution in [-0.4, -0.2) is 30.1 Å². The van der Waals surface area contributed by atoms with Gasteiger partial charge in [0.15, 0.2) is 9.84 Å². The summed E-state index contributed by atoms with van der Waals surface area (Å²) in [4.78, 5) is 0.913. The lowest BCUT2D eigenvalue weighted by atomic mass is 10.2. The van der Waals surface area contributed by atoms with Crippen molar-refractivity contribution in [3.05, 3.63) is 52.8 Å². The standard InChI is InChI=1S/C15H16ClFN2O4S2/c1-19(9-11-12(16)4-3-5-13(11)17)14-7-6-10(25(18,22)23)8-15(14)24(2,20)21/h3-8H,9H2,1-2H3,(H2,18,22,23). The minimum atomic E-state index is -4.06. The van der Waals surface area contributed by atoms with Gasteiger partial charge in [0, 0.05) is 30.4 Å². The largest absolute Gasteiger partial charge is 0.369 e. The first-order valence-electron chi connectivity index (χ1n) is 6.92. The van der Waals surface area contributed by atoms with E-state index in [0.717, 1.165) is 12.3 Å². The number of halogens is 2. The van der Waals surface area contributed by atoms with Crippen LogP contribution in [0.2, 0.25) is 5.02 Å². The van der Waals surface area contributed by atoms with Crippen LogP contribution in [0.15, 0.2) is 46.2 Å². The van der Waals surface area contributed by atoms with Gasteiger partial charge in [-0.15, -0.1) is 0 Å². The van der Waals surface area contributed by atoms with Crippen molar-refractivity contribution in [2.75, 3.05) is 18.2 Å². The summed E-state index contributed by atoms with van der Waals surface area (Å²) in [7, 11) is -6.28. The fraction of sp³-hybridized carbons (Fsp3) is 0.200. The van der Waals surface area contributed by atoms with Crippen LogP contribution in [0.3, 0.4) is 0 Å². The van der Waals surface area contributed by atoms with E-state index in [-0.39, 0.29) is 32.6 Å². The second kappa shape index (κ2) is 6.91. The van der Waals surface area contributed by atoms with Crippen molar-refractivity contribution in [2.45, 2.75) is 16.3 Å². The quantitative estimate of drug-likeness (QED) is 0.820. The lowest BCUT2D eigenvalue weighted by Crippen LogP contribution is -2.21. The van der Waals surface area contributed by atoms with Gasteiger partial charge in [-0.25, -0.2) is 26.4 Å². The van der Waals surface area contributed by atoms with Crippen LogP contribution in [0.25, 0.3) is 0 Å². The molecule has 0 amide bonds. The summed E-state index contributed by atoms with van der Waals surface area (Å²) in [5.74, 6) is -0.526. The normalized spacial score (nSPS) is 12.2. The zero-order chi connectivity index (χ0) is 19.0. The van der Waals surface area contributed by atoms with E-state index in [9.17, 15) is 21.2 Å². The summed E-state index contributed by atoms with van der Waals surface area (Å²) in [6, 6.07) is 7.72. The number of sulfonamides is 1. The van der Waals surface area contributed by atoms with Gasteiger partial charge >= 0.3 is 0 Å². The monoisotopic (exact) mass is 406 g/mol. The van der Waals surface area contributed by atoms with Crippen LogP contribution in [-0.2, 0) is 26.4 Å². The van der Waals surface area contributed by atoms with Crippen LogP contribution in [0.4, 0.5) is 10.1 Å². The van der Waals surface area contributed by atoms with Crippen molar-refractivity contribution in [1.29, 1.82) is 0 Å². The van der Waals surface area contributed by atoms with Crippen molar-refractivity contribution >= 4 is 37.1 Å². The summed E-state index contributed by atoms with van der Waals surface area (Å²) < 4.78 is 61.0. The zero-order valence-electron chi connectivity index (χ0n) is 13.4. The van der Waals surface area contributed by atoms with Gasteiger partial charge < -0.3 is 4.90 Å². The van der Waals surface area contributed by atoms with E-state index in [4.69, 9.17) is 16.7 Å². The Morgan fingerprint density at radius 3 is 2.32 bits per heavy atom. The molecule has 0 aliphatic carbocycles. The highest BCUT2D eigenvalue weighted by Crippen LogP contribution is 2.30. The van der Waals surface area contributed by atoms with Crippen molar-refractivity contribution in [3.8, 4) is 0 Å². The first-order chi connectivity index (χ1) is 11.4. The molecule has 0 spiro atoms. The van der Waals surface area contributed by atoms with Gasteiger partial charge in [0.05, 0.1) is 15.5 Å². The third-order valence-electron chi connectivity index (χ3n) is 3.53. The average Bonchev–Trinajstić information content (AvgIpc) is 2.48. The minimum absolute atomic E-state index is 0.0112. The van der Waals surface area contributed by atoms with E-state index in [1.54, 1.807) is 7.05 Å². The first kappa shape index (κ1) is 19.6. The highest BCUT2D eigenvalue weighted by Gasteiger charge is 2.21. The number of sulfone groups is 1. The predicted octanol–water partition coefficient (Wildman–Crippen LogP) is 2.17. The highest BCUT2D eigenvalue weighted by atomic mass is 35.5. The molecule has 2 N–H and O–H groups in total. The Kier molecular flexibility index (Phi) is 5.43. The van der Waals surface area contributed by atoms with Gasteiger partial charge in [-0.05, 0) is 30.3 Å². The number of primary sulfonamides is 1. The number of rotatable bonds is 5. The molecule has 0 saturated heterocycles. The summed E-state index contributed by atoms with van der Waals surface area (Å²) in [6.07, 6.45) is 0.947. The average molecular weight is 407 g/mol. The Labute approximate surface area is 151 Å². The number of anilines is 1. The molecule has 136 valence electrons. The maximum atomic E-state index is 14.0. The van der Waals surface area contributed by atoms with Crippen LogP contribution >= 0.6 is 11.6 Å². The van der Waals surface area contributed by atoms with Crippen molar-refractivity contribution in [3.63, 3.8) is 0 Å². The fourth-order valence-electron chi connectivity index (χ4n) is 2.29. The Balaban J connectivity index is 2.55. The summed E-state index contributed by atoms with van der Waals surface area (Å²) in [5, 5.41) is 5.26. The number of nitrogens with zero attached hydrogens (tertiary/aromatic N) is 1. The molecule has 2 rings (SSSR count). The highest BCUT2D eigenvalue weighted by molar-refractivity contribution is 7.91. The number of hydrogen-bond donors (Lipinski definition) is 1.